The van der Waals surface area contributed by atoms with Gasteiger partial charge in [0.1, 0.15) is 0 Å². The van der Waals surface area contributed by atoms with Crippen molar-refractivity contribution in [3.05, 3.63) is 23.8 Å². The first kappa shape index (κ1) is 18.8. The van der Waals surface area contributed by atoms with E-state index in [9.17, 15) is 0 Å². The van der Waals surface area contributed by atoms with Gasteiger partial charge in [0.15, 0.2) is 17.5 Å². The van der Waals surface area contributed by atoms with E-state index in [0.29, 0.717) is 25.4 Å². The van der Waals surface area contributed by atoms with Gasteiger partial charge < -0.3 is 24.8 Å². The molecule has 0 aliphatic carbocycles. The van der Waals surface area contributed by atoms with Crippen LogP contribution < -0.4 is 20.1 Å². The zero-order valence-electron chi connectivity index (χ0n) is 16.0. The second-order valence-corrected chi connectivity index (χ2v) is 6.77. The van der Waals surface area contributed by atoms with E-state index in [1.54, 1.807) is 0 Å². The second kappa shape index (κ2) is 9.09. The van der Waals surface area contributed by atoms with Crippen molar-refractivity contribution in [1.82, 2.24) is 15.5 Å². The highest BCUT2D eigenvalue weighted by Gasteiger charge is 2.23. The van der Waals surface area contributed by atoms with Gasteiger partial charge in [-0.05, 0) is 38.5 Å². The number of aliphatic imine (C=N–C) groups is 1. The summed E-state index contributed by atoms with van der Waals surface area (Å²) in [4.78, 5) is 7.18. The molecule has 1 aromatic carbocycles. The van der Waals surface area contributed by atoms with Crippen molar-refractivity contribution in [3.8, 4) is 11.5 Å². The van der Waals surface area contributed by atoms with Gasteiger partial charge in [0.05, 0.1) is 19.8 Å². The molecule has 2 aliphatic heterocycles. The van der Waals surface area contributed by atoms with E-state index in [2.05, 4.69) is 36.3 Å². The summed E-state index contributed by atoms with van der Waals surface area (Å²) in [5.41, 5.74) is 1.10. The summed E-state index contributed by atoms with van der Waals surface area (Å²) in [7, 11) is 0. The fourth-order valence-electron chi connectivity index (χ4n) is 3.31. The van der Waals surface area contributed by atoms with Crippen LogP contribution in [0.25, 0.3) is 0 Å². The molecule has 0 radical (unpaired) electrons. The lowest BCUT2D eigenvalue weighted by molar-refractivity contribution is -0.0174. The Kier molecular flexibility index (Phi) is 6.57. The molecule has 0 bridgehead atoms. The lowest BCUT2D eigenvalue weighted by Gasteiger charge is -2.38. The normalized spacial score (nSPS) is 21.5. The van der Waals surface area contributed by atoms with E-state index in [4.69, 9.17) is 19.2 Å². The number of nitrogens with one attached hydrogen (secondary N) is 2. The quantitative estimate of drug-likeness (QED) is 0.592. The number of nitrogens with zero attached hydrogens (tertiary/aromatic N) is 2. The van der Waals surface area contributed by atoms with E-state index in [1.807, 2.05) is 18.2 Å². The number of ether oxygens (including phenoxy) is 3. The summed E-state index contributed by atoms with van der Waals surface area (Å²) < 4.78 is 16.3. The molecule has 2 aliphatic rings. The highest BCUT2D eigenvalue weighted by molar-refractivity contribution is 5.79. The minimum absolute atomic E-state index is 0.296. The maximum Gasteiger partial charge on any atom is 0.231 e. The zero-order chi connectivity index (χ0) is 18.4. The fourth-order valence-corrected chi connectivity index (χ4v) is 3.31. The van der Waals surface area contributed by atoms with E-state index in [-0.39, 0.29) is 0 Å². The van der Waals surface area contributed by atoms with Gasteiger partial charge in [0, 0.05) is 31.7 Å². The molecule has 26 heavy (non-hydrogen) atoms. The van der Waals surface area contributed by atoms with Gasteiger partial charge in [-0.1, -0.05) is 6.07 Å². The molecule has 1 fully saturated rings. The Morgan fingerprint density at radius 3 is 2.96 bits per heavy atom. The van der Waals surface area contributed by atoms with Crippen molar-refractivity contribution in [2.75, 3.05) is 39.6 Å². The Balaban J connectivity index is 1.55. The van der Waals surface area contributed by atoms with Crippen LogP contribution in [0, 0.1) is 0 Å². The molecular formula is C19H30N4O3. The molecule has 1 aromatic rings. The molecular weight excluding hydrogens is 332 g/mol. The monoisotopic (exact) mass is 362 g/mol. The second-order valence-electron chi connectivity index (χ2n) is 6.77. The summed E-state index contributed by atoms with van der Waals surface area (Å²) in [5, 5.41) is 6.78. The Morgan fingerprint density at radius 2 is 2.15 bits per heavy atom. The summed E-state index contributed by atoms with van der Waals surface area (Å²) in [6, 6.07) is 6.83. The van der Waals surface area contributed by atoms with Gasteiger partial charge in [0.25, 0.3) is 0 Å². The summed E-state index contributed by atoms with van der Waals surface area (Å²) in [6.07, 6.45) is 0. The first-order valence-corrected chi connectivity index (χ1v) is 9.41. The van der Waals surface area contributed by atoms with Gasteiger partial charge in [-0.15, -0.1) is 0 Å². The van der Waals surface area contributed by atoms with Gasteiger partial charge in [-0.25, -0.2) is 4.99 Å². The van der Waals surface area contributed by atoms with E-state index in [0.717, 1.165) is 55.9 Å². The smallest absolute Gasteiger partial charge is 0.231 e. The van der Waals surface area contributed by atoms with Crippen LogP contribution in [0.2, 0.25) is 0 Å². The molecule has 2 unspecified atom stereocenters. The molecule has 1 saturated heterocycles. The first-order valence-electron chi connectivity index (χ1n) is 9.41. The summed E-state index contributed by atoms with van der Waals surface area (Å²) >= 11 is 0. The van der Waals surface area contributed by atoms with Crippen molar-refractivity contribution in [3.63, 3.8) is 0 Å². The third-order valence-corrected chi connectivity index (χ3v) is 4.75. The van der Waals surface area contributed by atoms with Crippen LogP contribution in [0.15, 0.2) is 23.2 Å². The maximum atomic E-state index is 5.53. The number of guanidine groups is 1. The van der Waals surface area contributed by atoms with Crippen LogP contribution in [0.4, 0.5) is 0 Å². The van der Waals surface area contributed by atoms with Crippen molar-refractivity contribution in [1.29, 1.82) is 0 Å². The molecule has 0 amide bonds. The topological polar surface area (TPSA) is 67.4 Å². The molecule has 144 valence electrons. The third-order valence-electron chi connectivity index (χ3n) is 4.75. The number of rotatable bonds is 6. The van der Waals surface area contributed by atoms with Crippen LogP contribution in [-0.2, 0) is 11.3 Å². The van der Waals surface area contributed by atoms with Crippen LogP contribution >= 0.6 is 0 Å². The van der Waals surface area contributed by atoms with Crippen molar-refractivity contribution < 1.29 is 14.2 Å². The van der Waals surface area contributed by atoms with Crippen LogP contribution in [0.1, 0.15) is 26.3 Å². The number of hydrogen-bond acceptors (Lipinski definition) is 5. The number of hydrogen-bond donors (Lipinski definition) is 2. The van der Waals surface area contributed by atoms with Crippen LogP contribution in [0.3, 0.4) is 0 Å². The molecule has 7 nitrogen and oxygen atoms in total. The third kappa shape index (κ3) is 4.80. The van der Waals surface area contributed by atoms with Crippen LogP contribution in [-0.4, -0.2) is 62.6 Å². The predicted molar refractivity (Wildman–Crippen MR) is 102 cm³/mol. The molecule has 0 saturated carbocycles. The average molecular weight is 362 g/mol. The highest BCUT2D eigenvalue weighted by Crippen LogP contribution is 2.32. The Labute approximate surface area is 155 Å². The Bertz CT molecular complexity index is 623. The fraction of sp³-hybridized carbons (Fsp3) is 0.632. The van der Waals surface area contributed by atoms with Crippen molar-refractivity contribution in [2.45, 2.75) is 39.4 Å². The molecule has 2 atom stereocenters. The van der Waals surface area contributed by atoms with E-state index in [1.165, 1.54) is 0 Å². The molecule has 0 aromatic heterocycles. The summed E-state index contributed by atoms with van der Waals surface area (Å²) in [5.74, 6) is 2.43. The lowest BCUT2D eigenvalue weighted by Crippen LogP contribution is -2.53. The molecule has 3 rings (SSSR count). The predicted octanol–water partition coefficient (Wildman–Crippen LogP) is 1.58. The van der Waals surface area contributed by atoms with E-state index >= 15 is 0 Å². The SMILES string of the molecule is CCNC(=NCc1ccc2c(c1)OCO2)NCC(C)N1CCOCC1C. The van der Waals surface area contributed by atoms with E-state index < -0.39 is 0 Å². The first-order chi connectivity index (χ1) is 12.7. The average Bonchev–Trinajstić information content (AvgIpc) is 3.12. The number of benzene rings is 1. The zero-order valence-corrected chi connectivity index (χ0v) is 16.0. The summed E-state index contributed by atoms with van der Waals surface area (Å²) in [6.45, 7) is 11.7. The minimum Gasteiger partial charge on any atom is -0.454 e. The van der Waals surface area contributed by atoms with Gasteiger partial charge in [-0.2, -0.15) is 0 Å². The van der Waals surface area contributed by atoms with Gasteiger partial charge >= 0.3 is 0 Å². The molecule has 7 heteroatoms. The minimum atomic E-state index is 0.296. The molecule has 0 spiro atoms. The van der Waals surface area contributed by atoms with Crippen LogP contribution in [0.5, 0.6) is 11.5 Å². The number of morpholine rings is 1. The van der Waals surface area contributed by atoms with Crippen molar-refractivity contribution in [2.24, 2.45) is 4.99 Å². The van der Waals surface area contributed by atoms with Gasteiger partial charge in [0.2, 0.25) is 6.79 Å². The Morgan fingerprint density at radius 1 is 1.31 bits per heavy atom. The molecule has 2 heterocycles. The number of fused-ring (bicyclic) bond motifs is 1. The highest BCUT2D eigenvalue weighted by atomic mass is 16.7. The standard InChI is InChI=1S/C19H30N4O3/c1-4-20-19(21-10-14(2)23-7-8-24-12-15(23)3)22-11-16-5-6-17-18(9-16)26-13-25-17/h5-6,9,14-15H,4,7-8,10-13H2,1-3H3,(H2,20,21,22). The Hall–Kier alpha value is -1.99. The molecule has 2 N–H and O–H groups in total. The van der Waals surface area contributed by atoms with Crippen molar-refractivity contribution >= 4 is 5.96 Å². The maximum absolute atomic E-state index is 5.53. The van der Waals surface area contributed by atoms with Gasteiger partial charge in [-0.3, -0.25) is 4.90 Å². The largest absolute Gasteiger partial charge is 0.454 e. The lowest BCUT2D eigenvalue weighted by atomic mass is 10.2.